The highest BCUT2D eigenvalue weighted by atomic mass is 35.5. The van der Waals surface area contributed by atoms with E-state index in [0.717, 1.165) is 43.1 Å². The van der Waals surface area contributed by atoms with E-state index in [9.17, 15) is 0 Å². The van der Waals surface area contributed by atoms with Crippen molar-refractivity contribution in [3.8, 4) is 5.88 Å². The van der Waals surface area contributed by atoms with Crippen molar-refractivity contribution in [1.82, 2.24) is 24.7 Å². The molecule has 1 saturated carbocycles. The third kappa shape index (κ3) is 4.19. The Balaban J connectivity index is 1.21. The molecule has 1 aromatic carbocycles. The van der Waals surface area contributed by atoms with Crippen molar-refractivity contribution >= 4 is 17.4 Å². The van der Waals surface area contributed by atoms with E-state index in [1.54, 1.807) is 12.4 Å². The maximum atomic E-state index is 6.03. The highest BCUT2D eigenvalue weighted by Crippen LogP contribution is 2.38. The third-order valence-electron chi connectivity index (χ3n) is 5.60. The van der Waals surface area contributed by atoms with Gasteiger partial charge in [-0.05, 0) is 43.4 Å². The monoisotopic (exact) mass is 410 g/mol. The van der Waals surface area contributed by atoms with Crippen molar-refractivity contribution in [1.29, 1.82) is 0 Å². The molecule has 8 heteroatoms. The Morgan fingerprint density at radius 1 is 1.10 bits per heavy atom. The zero-order valence-corrected chi connectivity index (χ0v) is 16.9. The van der Waals surface area contributed by atoms with E-state index in [4.69, 9.17) is 16.3 Å². The summed E-state index contributed by atoms with van der Waals surface area (Å²) in [6.45, 7) is 2.26. The zero-order valence-electron chi connectivity index (χ0n) is 16.1. The summed E-state index contributed by atoms with van der Waals surface area (Å²) < 4.78 is 8.11. The fourth-order valence-corrected chi connectivity index (χ4v) is 4.10. The third-order valence-corrected chi connectivity index (χ3v) is 5.84. The lowest BCUT2D eigenvalue weighted by atomic mass is 9.96. The summed E-state index contributed by atoms with van der Waals surface area (Å²) in [6.07, 6.45) is 9.94. The van der Waals surface area contributed by atoms with Crippen LogP contribution in [0.15, 0.2) is 43.0 Å². The van der Waals surface area contributed by atoms with Crippen LogP contribution in [0.1, 0.15) is 49.0 Å². The Morgan fingerprint density at radius 2 is 1.97 bits per heavy atom. The number of aromatic nitrogens is 5. The molecule has 0 radical (unpaired) electrons. The van der Waals surface area contributed by atoms with Gasteiger partial charge in [0.05, 0.1) is 12.4 Å². The number of hydrogen-bond acceptors (Lipinski definition) is 6. The minimum absolute atomic E-state index is 0.414. The molecule has 0 amide bonds. The number of rotatable bonds is 6. The first-order valence-electron chi connectivity index (χ1n) is 10.1. The van der Waals surface area contributed by atoms with Gasteiger partial charge in [-0.3, -0.25) is 4.98 Å². The molecule has 0 N–H and O–H groups in total. The van der Waals surface area contributed by atoms with E-state index >= 15 is 0 Å². The molecule has 3 aromatic rings. The molecule has 7 nitrogen and oxygen atoms in total. The van der Waals surface area contributed by atoms with Crippen molar-refractivity contribution in [2.24, 2.45) is 0 Å². The van der Waals surface area contributed by atoms with Crippen LogP contribution in [0.3, 0.4) is 0 Å². The Bertz CT molecular complexity index is 981. The van der Waals surface area contributed by atoms with Crippen LogP contribution in [-0.4, -0.2) is 37.8 Å². The molecule has 0 atom stereocenters. The van der Waals surface area contributed by atoms with Gasteiger partial charge in [-0.15, -0.1) is 10.2 Å². The van der Waals surface area contributed by atoms with Gasteiger partial charge in [0.2, 0.25) is 5.88 Å². The Hall–Kier alpha value is -2.67. The molecule has 0 spiro atoms. The van der Waals surface area contributed by atoms with Crippen molar-refractivity contribution in [2.75, 3.05) is 18.0 Å². The number of hydrogen-bond donors (Lipinski definition) is 0. The van der Waals surface area contributed by atoms with Crippen molar-refractivity contribution in [2.45, 2.75) is 44.2 Å². The standard InChI is InChI=1S/C21H23ClN6O/c22-17-3-1-2-15(10-17)13-29-20-12-23-11-19(25-20)27-8-6-16(7-9-27)21-26-24-14-28(21)18-4-5-18/h1-3,10-12,14,16,18H,4-9,13H2. The molecule has 0 unspecified atom stereocenters. The molecular formula is C21H23ClN6O. The molecule has 2 fully saturated rings. The first kappa shape index (κ1) is 18.4. The largest absolute Gasteiger partial charge is 0.472 e. The van der Waals surface area contributed by atoms with Crippen LogP contribution >= 0.6 is 11.6 Å². The Morgan fingerprint density at radius 3 is 2.76 bits per heavy atom. The molecule has 2 aliphatic rings. The van der Waals surface area contributed by atoms with Gasteiger partial charge in [0.25, 0.3) is 0 Å². The van der Waals surface area contributed by atoms with Crippen molar-refractivity contribution in [3.05, 3.63) is 59.4 Å². The number of anilines is 1. The molecule has 1 aliphatic carbocycles. The van der Waals surface area contributed by atoms with Crippen LogP contribution in [-0.2, 0) is 6.61 Å². The average Bonchev–Trinajstić information content (AvgIpc) is 3.49. The van der Waals surface area contributed by atoms with E-state index in [2.05, 4.69) is 29.6 Å². The summed E-state index contributed by atoms with van der Waals surface area (Å²) in [4.78, 5) is 11.2. The first-order chi connectivity index (χ1) is 14.3. The second-order valence-corrected chi connectivity index (χ2v) is 8.16. The van der Waals surface area contributed by atoms with Gasteiger partial charge in [0.15, 0.2) is 5.82 Å². The van der Waals surface area contributed by atoms with Gasteiger partial charge >= 0.3 is 0 Å². The zero-order chi connectivity index (χ0) is 19.6. The summed E-state index contributed by atoms with van der Waals surface area (Å²) in [7, 11) is 0. The van der Waals surface area contributed by atoms with Crippen molar-refractivity contribution < 1.29 is 4.74 Å². The van der Waals surface area contributed by atoms with E-state index in [0.29, 0.717) is 29.5 Å². The first-order valence-corrected chi connectivity index (χ1v) is 10.5. The van der Waals surface area contributed by atoms with Gasteiger partial charge < -0.3 is 14.2 Å². The fraction of sp³-hybridized carbons (Fsp3) is 0.429. The van der Waals surface area contributed by atoms with Gasteiger partial charge in [-0.1, -0.05) is 23.7 Å². The quantitative estimate of drug-likeness (QED) is 0.611. The fourth-order valence-electron chi connectivity index (χ4n) is 3.89. The van der Waals surface area contributed by atoms with Gasteiger partial charge in [0.1, 0.15) is 18.8 Å². The van der Waals surface area contributed by atoms with Crippen LogP contribution in [0.4, 0.5) is 5.82 Å². The predicted molar refractivity (Wildman–Crippen MR) is 110 cm³/mol. The summed E-state index contributed by atoms with van der Waals surface area (Å²) in [5, 5.41) is 9.26. The lowest BCUT2D eigenvalue weighted by molar-refractivity contribution is 0.292. The lowest BCUT2D eigenvalue weighted by Gasteiger charge is -2.32. The Kier molecular flexibility index (Phi) is 5.06. The number of ether oxygens (including phenoxy) is 1. The van der Waals surface area contributed by atoms with E-state index in [1.165, 1.54) is 12.8 Å². The van der Waals surface area contributed by atoms with Gasteiger partial charge in [0, 0.05) is 30.1 Å². The molecule has 2 aromatic heterocycles. The highest BCUT2D eigenvalue weighted by molar-refractivity contribution is 6.30. The van der Waals surface area contributed by atoms with Crippen LogP contribution in [0, 0.1) is 0 Å². The van der Waals surface area contributed by atoms with Gasteiger partial charge in [-0.2, -0.15) is 4.98 Å². The van der Waals surface area contributed by atoms with Crippen LogP contribution < -0.4 is 9.64 Å². The summed E-state index contributed by atoms with van der Waals surface area (Å²) in [5.74, 6) is 3.00. The normalized spacial score (nSPS) is 17.5. The second-order valence-electron chi connectivity index (χ2n) is 7.72. The number of benzene rings is 1. The maximum Gasteiger partial charge on any atom is 0.234 e. The molecular weight excluding hydrogens is 388 g/mol. The van der Waals surface area contributed by atoms with Crippen LogP contribution in [0.25, 0.3) is 0 Å². The molecule has 0 bridgehead atoms. The SMILES string of the molecule is Clc1cccc(COc2cncc(N3CCC(c4nncn4C4CC4)CC3)n2)c1. The topological polar surface area (TPSA) is 69.0 Å². The minimum atomic E-state index is 0.414. The lowest BCUT2D eigenvalue weighted by Crippen LogP contribution is -2.34. The number of halogens is 1. The average molecular weight is 411 g/mol. The van der Waals surface area contributed by atoms with Gasteiger partial charge in [-0.25, -0.2) is 0 Å². The number of piperidine rings is 1. The van der Waals surface area contributed by atoms with E-state index in [-0.39, 0.29) is 0 Å². The highest BCUT2D eigenvalue weighted by Gasteiger charge is 2.31. The molecule has 150 valence electrons. The minimum Gasteiger partial charge on any atom is -0.472 e. The molecule has 1 aliphatic heterocycles. The molecule has 5 rings (SSSR count). The smallest absolute Gasteiger partial charge is 0.234 e. The molecule has 3 heterocycles. The van der Waals surface area contributed by atoms with Crippen LogP contribution in [0.5, 0.6) is 5.88 Å². The maximum absolute atomic E-state index is 6.03. The second kappa shape index (κ2) is 7.99. The molecule has 29 heavy (non-hydrogen) atoms. The number of nitrogens with zero attached hydrogens (tertiary/aromatic N) is 6. The summed E-state index contributed by atoms with van der Waals surface area (Å²) in [6, 6.07) is 8.26. The predicted octanol–water partition coefficient (Wildman–Crippen LogP) is 4.02. The van der Waals surface area contributed by atoms with Crippen molar-refractivity contribution in [3.63, 3.8) is 0 Å². The van der Waals surface area contributed by atoms with E-state index < -0.39 is 0 Å². The van der Waals surface area contributed by atoms with E-state index in [1.807, 2.05) is 30.6 Å². The molecule has 1 saturated heterocycles. The summed E-state index contributed by atoms with van der Waals surface area (Å²) >= 11 is 6.03. The Labute approximate surface area is 174 Å². The summed E-state index contributed by atoms with van der Waals surface area (Å²) in [5.41, 5.74) is 1.00. The van der Waals surface area contributed by atoms with Crippen LogP contribution in [0.2, 0.25) is 5.02 Å².